The maximum atomic E-state index is 3.84. The monoisotopic (exact) mass is 222 g/mol. The smallest absolute Gasteiger partial charge is 0.0308 e. The second-order valence-electron chi connectivity index (χ2n) is 5.47. The molecule has 1 N–H and O–H groups in total. The minimum absolute atomic E-state index is 0.454. The molecule has 0 aromatic carbocycles. The number of hydrogen-bond acceptors (Lipinski definition) is 2. The van der Waals surface area contributed by atoms with Crippen LogP contribution >= 0.6 is 0 Å². The van der Waals surface area contributed by atoms with Crippen molar-refractivity contribution < 1.29 is 0 Å². The zero-order valence-corrected chi connectivity index (χ0v) is 10.5. The topological polar surface area (TPSA) is 15.3 Å². The van der Waals surface area contributed by atoms with Gasteiger partial charge in [0.2, 0.25) is 0 Å². The van der Waals surface area contributed by atoms with Crippen LogP contribution in [0.3, 0.4) is 0 Å². The van der Waals surface area contributed by atoms with E-state index in [1.54, 1.807) is 0 Å². The summed E-state index contributed by atoms with van der Waals surface area (Å²) in [5, 5.41) is 3.84. The SMILES string of the molecule is C=CCCN1CCCNC2(CCCCC2)C1. The molecule has 1 saturated heterocycles. The van der Waals surface area contributed by atoms with E-state index in [1.807, 2.05) is 6.08 Å². The molecule has 2 heteroatoms. The van der Waals surface area contributed by atoms with Crippen LogP contribution in [0.4, 0.5) is 0 Å². The highest BCUT2D eigenvalue weighted by Gasteiger charge is 2.34. The van der Waals surface area contributed by atoms with Crippen LogP contribution in [-0.2, 0) is 0 Å². The molecule has 0 atom stereocenters. The molecule has 2 rings (SSSR count). The highest BCUT2D eigenvalue weighted by atomic mass is 15.2. The molecule has 1 heterocycles. The van der Waals surface area contributed by atoms with Crippen LogP contribution < -0.4 is 5.32 Å². The summed E-state index contributed by atoms with van der Waals surface area (Å²) in [4.78, 5) is 2.65. The Bertz CT molecular complexity index is 219. The Morgan fingerprint density at radius 3 is 2.75 bits per heavy atom. The van der Waals surface area contributed by atoms with Gasteiger partial charge in [-0.05, 0) is 38.8 Å². The summed E-state index contributed by atoms with van der Waals surface area (Å²) in [6, 6.07) is 0. The minimum atomic E-state index is 0.454. The second kappa shape index (κ2) is 5.83. The summed E-state index contributed by atoms with van der Waals surface area (Å²) in [5.74, 6) is 0. The van der Waals surface area contributed by atoms with E-state index < -0.39 is 0 Å². The number of nitrogens with zero attached hydrogens (tertiary/aromatic N) is 1. The molecular weight excluding hydrogens is 196 g/mol. The van der Waals surface area contributed by atoms with E-state index in [9.17, 15) is 0 Å². The standard InChI is InChI=1S/C14H26N2/c1-2-3-11-16-12-7-10-15-14(13-16)8-5-4-6-9-14/h2,15H,1,3-13H2. The molecule has 0 aromatic rings. The fraction of sp³-hybridized carbons (Fsp3) is 0.857. The van der Waals surface area contributed by atoms with Gasteiger partial charge in [0, 0.05) is 18.6 Å². The van der Waals surface area contributed by atoms with Crippen molar-refractivity contribution in [1.29, 1.82) is 0 Å². The van der Waals surface area contributed by atoms with Crippen molar-refractivity contribution in [2.24, 2.45) is 0 Å². The lowest BCUT2D eigenvalue weighted by Crippen LogP contribution is -2.52. The summed E-state index contributed by atoms with van der Waals surface area (Å²) in [7, 11) is 0. The van der Waals surface area contributed by atoms with Gasteiger partial charge in [0.05, 0.1) is 0 Å². The van der Waals surface area contributed by atoms with Gasteiger partial charge in [-0.3, -0.25) is 0 Å². The number of hydrogen-bond donors (Lipinski definition) is 1. The molecule has 0 amide bonds. The van der Waals surface area contributed by atoms with E-state index in [-0.39, 0.29) is 0 Å². The maximum Gasteiger partial charge on any atom is 0.0308 e. The summed E-state index contributed by atoms with van der Waals surface area (Å²) in [5.41, 5.74) is 0.454. The van der Waals surface area contributed by atoms with Crippen molar-refractivity contribution >= 4 is 0 Å². The van der Waals surface area contributed by atoms with Crippen molar-refractivity contribution in [3.63, 3.8) is 0 Å². The first-order chi connectivity index (χ1) is 7.85. The quantitative estimate of drug-likeness (QED) is 0.738. The van der Waals surface area contributed by atoms with E-state index in [0.29, 0.717) is 5.54 Å². The van der Waals surface area contributed by atoms with Gasteiger partial charge in [0.1, 0.15) is 0 Å². The maximum absolute atomic E-state index is 3.84. The van der Waals surface area contributed by atoms with Gasteiger partial charge in [0.15, 0.2) is 0 Å². The van der Waals surface area contributed by atoms with Gasteiger partial charge in [0.25, 0.3) is 0 Å². The van der Waals surface area contributed by atoms with Crippen LogP contribution in [0.1, 0.15) is 44.9 Å². The Morgan fingerprint density at radius 2 is 2.00 bits per heavy atom. The Kier molecular flexibility index (Phi) is 4.42. The molecule has 16 heavy (non-hydrogen) atoms. The molecular formula is C14H26N2. The van der Waals surface area contributed by atoms with Crippen LogP contribution in [0.2, 0.25) is 0 Å². The van der Waals surface area contributed by atoms with E-state index in [1.165, 1.54) is 64.7 Å². The van der Waals surface area contributed by atoms with E-state index in [2.05, 4.69) is 16.8 Å². The molecule has 0 aromatic heterocycles. The minimum Gasteiger partial charge on any atom is -0.310 e. The molecule has 2 aliphatic rings. The Hall–Kier alpha value is -0.340. The fourth-order valence-corrected chi connectivity index (χ4v) is 3.25. The first kappa shape index (κ1) is 12.1. The van der Waals surface area contributed by atoms with Gasteiger partial charge < -0.3 is 10.2 Å². The molecule has 1 spiro atoms. The summed E-state index contributed by atoms with van der Waals surface area (Å²) in [6.45, 7) is 8.78. The molecule has 2 nitrogen and oxygen atoms in total. The first-order valence-corrected chi connectivity index (χ1v) is 6.93. The third-order valence-electron chi connectivity index (χ3n) is 4.14. The number of nitrogens with one attached hydrogen (secondary N) is 1. The summed E-state index contributed by atoms with van der Waals surface area (Å²) < 4.78 is 0. The lowest BCUT2D eigenvalue weighted by molar-refractivity contribution is 0.166. The summed E-state index contributed by atoms with van der Waals surface area (Å²) >= 11 is 0. The van der Waals surface area contributed by atoms with Crippen LogP contribution in [-0.4, -0.2) is 36.6 Å². The Morgan fingerprint density at radius 1 is 1.19 bits per heavy atom. The molecule has 1 saturated carbocycles. The van der Waals surface area contributed by atoms with Crippen LogP contribution in [0.15, 0.2) is 12.7 Å². The Labute approximate surface area is 100 Å². The van der Waals surface area contributed by atoms with Crippen LogP contribution in [0.5, 0.6) is 0 Å². The van der Waals surface area contributed by atoms with Gasteiger partial charge in [-0.2, -0.15) is 0 Å². The molecule has 0 bridgehead atoms. The van der Waals surface area contributed by atoms with Crippen LogP contribution in [0.25, 0.3) is 0 Å². The van der Waals surface area contributed by atoms with E-state index in [0.717, 1.165) is 6.42 Å². The van der Waals surface area contributed by atoms with Crippen molar-refractivity contribution in [1.82, 2.24) is 10.2 Å². The second-order valence-corrected chi connectivity index (χ2v) is 5.47. The van der Waals surface area contributed by atoms with Crippen molar-refractivity contribution in [2.75, 3.05) is 26.2 Å². The molecule has 1 aliphatic carbocycles. The van der Waals surface area contributed by atoms with Gasteiger partial charge in [-0.25, -0.2) is 0 Å². The zero-order valence-electron chi connectivity index (χ0n) is 10.5. The van der Waals surface area contributed by atoms with Crippen LogP contribution in [0, 0.1) is 0 Å². The fourth-order valence-electron chi connectivity index (χ4n) is 3.25. The lowest BCUT2D eigenvalue weighted by Gasteiger charge is -2.40. The predicted molar refractivity (Wildman–Crippen MR) is 69.7 cm³/mol. The van der Waals surface area contributed by atoms with Gasteiger partial charge in [-0.15, -0.1) is 6.58 Å². The van der Waals surface area contributed by atoms with E-state index in [4.69, 9.17) is 0 Å². The predicted octanol–water partition coefficient (Wildman–Crippen LogP) is 2.56. The van der Waals surface area contributed by atoms with Gasteiger partial charge >= 0.3 is 0 Å². The Balaban J connectivity index is 1.93. The molecule has 1 aliphatic heterocycles. The highest BCUT2D eigenvalue weighted by Crippen LogP contribution is 2.30. The van der Waals surface area contributed by atoms with Crippen molar-refractivity contribution in [3.8, 4) is 0 Å². The first-order valence-electron chi connectivity index (χ1n) is 6.93. The van der Waals surface area contributed by atoms with E-state index >= 15 is 0 Å². The lowest BCUT2D eigenvalue weighted by atomic mass is 9.81. The largest absolute Gasteiger partial charge is 0.310 e. The third-order valence-corrected chi connectivity index (χ3v) is 4.14. The van der Waals surface area contributed by atoms with Gasteiger partial charge in [-0.1, -0.05) is 25.3 Å². The summed E-state index contributed by atoms with van der Waals surface area (Å²) in [6.07, 6.45) is 11.5. The normalized spacial score (nSPS) is 26.5. The molecule has 0 unspecified atom stereocenters. The third kappa shape index (κ3) is 3.08. The zero-order chi connectivity index (χ0) is 11.3. The average Bonchev–Trinajstić information content (AvgIpc) is 2.50. The highest BCUT2D eigenvalue weighted by molar-refractivity contribution is 4.95. The molecule has 92 valence electrons. The van der Waals surface area contributed by atoms with Crippen molar-refractivity contribution in [2.45, 2.75) is 50.5 Å². The molecule has 0 radical (unpaired) electrons. The average molecular weight is 222 g/mol. The number of rotatable bonds is 3. The molecule has 2 fully saturated rings. The van der Waals surface area contributed by atoms with Crippen molar-refractivity contribution in [3.05, 3.63) is 12.7 Å².